The predicted octanol–water partition coefficient (Wildman–Crippen LogP) is 4.37. The predicted molar refractivity (Wildman–Crippen MR) is 66.1 cm³/mol. The fourth-order valence-electron chi connectivity index (χ4n) is 2.80. The molecule has 1 fully saturated rings. The van der Waals surface area contributed by atoms with Crippen molar-refractivity contribution in [1.29, 1.82) is 0 Å². The van der Waals surface area contributed by atoms with Crippen LogP contribution in [0.5, 0.6) is 0 Å². The third-order valence-corrected chi connectivity index (χ3v) is 3.73. The maximum atomic E-state index is 2.33. The van der Waals surface area contributed by atoms with E-state index in [0.717, 1.165) is 5.92 Å². The molecule has 1 aromatic rings. The lowest BCUT2D eigenvalue weighted by Gasteiger charge is -2.22. The van der Waals surface area contributed by atoms with Crippen molar-refractivity contribution in [2.75, 3.05) is 0 Å². The van der Waals surface area contributed by atoms with Crippen molar-refractivity contribution in [2.24, 2.45) is 5.92 Å². The molecule has 0 radical (unpaired) electrons. The van der Waals surface area contributed by atoms with Crippen LogP contribution in [0.4, 0.5) is 0 Å². The number of hydrogen-bond acceptors (Lipinski definition) is 0. The number of rotatable bonds is 3. The molecule has 0 amide bonds. The summed E-state index contributed by atoms with van der Waals surface area (Å²) in [5.74, 6) is 0.964. The first-order valence-corrected chi connectivity index (χ1v) is 6.47. The lowest BCUT2D eigenvalue weighted by molar-refractivity contribution is 0.356. The third kappa shape index (κ3) is 2.84. The van der Waals surface area contributed by atoms with Crippen LogP contribution >= 0.6 is 0 Å². The summed E-state index contributed by atoms with van der Waals surface area (Å²) in [6.45, 7) is 2.26. The highest BCUT2D eigenvalue weighted by Gasteiger charge is 2.14. The highest BCUT2D eigenvalue weighted by molar-refractivity contribution is 5.27. The summed E-state index contributed by atoms with van der Waals surface area (Å²) >= 11 is 0. The summed E-state index contributed by atoms with van der Waals surface area (Å²) in [5.41, 5.74) is 3.16. The van der Waals surface area contributed by atoms with Crippen LogP contribution in [0.1, 0.15) is 50.2 Å². The van der Waals surface area contributed by atoms with Crippen molar-refractivity contribution >= 4 is 0 Å². The molecule has 15 heavy (non-hydrogen) atoms. The van der Waals surface area contributed by atoms with Crippen LogP contribution in [0.3, 0.4) is 0 Å². The van der Waals surface area contributed by atoms with Gasteiger partial charge in [0.1, 0.15) is 0 Å². The van der Waals surface area contributed by atoms with Gasteiger partial charge in [0.25, 0.3) is 0 Å². The first-order chi connectivity index (χ1) is 7.40. The summed E-state index contributed by atoms with van der Waals surface area (Å²) in [5, 5.41) is 0. The lowest BCUT2D eigenvalue weighted by Crippen LogP contribution is -2.10. The van der Waals surface area contributed by atoms with Gasteiger partial charge in [-0.25, -0.2) is 0 Å². The fraction of sp³-hybridized carbons (Fsp3) is 0.600. The van der Waals surface area contributed by atoms with E-state index in [9.17, 15) is 0 Å². The van der Waals surface area contributed by atoms with Gasteiger partial charge in [0, 0.05) is 0 Å². The Morgan fingerprint density at radius 3 is 2.33 bits per heavy atom. The molecule has 0 spiro atoms. The lowest BCUT2D eigenvalue weighted by atomic mass is 9.83. The first-order valence-electron chi connectivity index (χ1n) is 6.47. The van der Waals surface area contributed by atoms with E-state index in [2.05, 4.69) is 31.2 Å². The molecule has 0 aromatic heterocycles. The van der Waals surface area contributed by atoms with Crippen LogP contribution < -0.4 is 0 Å². The van der Waals surface area contributed by atoms with Gasteiger partial charge >= 0.3 is 0 Å². The minimum atomic E-state index is 0.964. The van der Waals surface area contributed by atoms with Crippen LogP contribution in [-0.2, 0) is 12.8 Å². The molecule has 0 heterocycles. The maximum absolute atomic E-state index is 2.33. The van der Waals surface area contributed by atoms with Crippen molar-refractivity contribution in [3.63, 3.8) is 0 Å². The van der Waals surface area contributed by atoms with Gasteiger partial charge in [-0.2, -0.15) is 0 Å². The molecule has 0 atom stereocenters. The van der Waals surface area contributed by atoms with Gasteiger partial charge in [0.15, 0.2) is 0 Å². The van der Waals surface area contributed by atoms with Gasteiger partial charge in [-0.3, -0.25) is 0 Å². The van der Waals surface area contributed by atoms with E-state index in [1.807, 2.05) is 0 Å². The van der Waals surface area contributed by atoms with Crippen molar-refractivity contribution < 1.29 is 0 Å². The standard InChI is InChI=1S/C15H22/c1-2-14-10-6-7-11-15(14)12-13-8-4-3-5-9-13/h6-7,10-11,13H,2-5,8-9,12H2,1H3. The van der Waals surface area contributed by atoms with E-state index in [0.29, 0.717) is 0 Å². The minimum absolute atomic E-state index is 0.964. The SMILES string of the molecule is CCc1ccccc1CC1CCCCC1. The second-order valence-electron chi connectivity index (χ2n) is 4.83. The highest BCUT2D eigenvalue weighted by atomic mass is 14.2. The zero-order chi connectivity index (χ0) is 10.5. The Hall–Kier alpha value is -0.780. The summed E-state index contributed by atoms with van der Waals surface area (Å²) in [7, 11) is 0. The van der Waals surface area contributed by atoms with Crippen LogP contribution in [0.2, 0.25) is 0 Å². The molecular formula is C15H22. The van der Waals surface area contributed by atoms with Crippen molar-refractivity contribution in [3.8, 4) is 0 Å². The molecule has 2 rings (SSSR count). The van der Waals surface area contributed by atoms with Crippen molar-refractivity contribution in [1.82, 2.24) is 0 Å². The Labute approximate surface area is 93.7 Å². The Kier molecular flexibility index (Phi) is 3.82. The quantitative estimate of drug-likeness (QED) is 0.682. The second-order valence-corrected chi connectivity index (χ2v) is 4.83. The minimum Gasteiger partial charge on any atom is -0.0620 e. The molecule has 0 N–H and O–H groups in total. The molecule has 1 saturated carbocycles. The summed E-state index contributed by atoms with van der Waals surface area (Å²) in [4.78, 5) is 0. The van der Waals surface area contributed by atoms with E-state index < -0.39 is 0 Å². The molecule has 0 aliphatic heterocycles. The van der Waals surface area contributed by atoms with E-state index in [1.54, 1.807) is 11.1 Å². The molecule has 0 bridgehead atoms. The normalized spacial score (nSPS) is 17.9. The Morgan fingerprint density at radius 1 is 1.00 bits per heavy atom. The van der Waals surface area contributed by atoms with Gasteiger partial charge in [0.05, 0.1) is 0 Å². The summed E-state index contributed by atoms with van der Waals surface area (Å²) in [6.07, 6.45) is 9.80. The van der Waals surface area contributed by atoms with Gasteiger partial charge in [0.2, 0.25) is 0 Å². The van der Waals surface area contributed by atoms with Crippen LogP contribution in [0.25, 0.3) is 0 Å². The average molecular weight is 202 g/mol. The zero-order valence-corrected chi connectivity index (χ0v) is 9.84. The van der Waals surface area contributed by atoms with E-state index in [1.165, 1.54) is 44.9 Å². The molecule has 82 valence electrons. The fourth-order valence-corrected chi connectivity index (χ4v) is 2.80. The largest absolute Gasteiger partial charge is 0.0620 e. The smallest absolute Gasteiger partial charge is 0.0248 e. The number of benzene rings is 1. The van der Waals surface area contributed by atoms with Crippen LogP contribution in [-0.4, -0.2) is 0 Å². The molecule has 0 heteroatoms. The van der Waals surface area contributed by atoms with E-state index >= 15 is 0 Å². The third-order valence-electron chi connectivity index (χ3n) is 3.73. The molecule has 1 aromatic carbocycles. The monoisotopic (exact) mass is 202 g/mol. The van der Waals surface area contributed by atoms with Crippen molar-refractivity contribution in [2.45, 2.75) is 51.9 Å². The number of aryl methyl sites for hydroxylation is 1. The topological polar surface area (TPSA) is 0 Å². The number of hydrogen-bond donors (Lipinski definition) is 0. The molecule has 0 saturated heterocycles. The maximum Gasteiger partial charge on any atom is -0.0248 e. The Morgan fingerprint density at radius 2 is 1.67 bits per heavy atom. The molecular weight excluding hydrogens is 180 g/mol. The molecule has 1 aliphatic rings. The van der Waals surface area contributed by atoms with Gasteiger partial charge in [-0.05, 0) is 29.9 Å². The zero-order valence-electron chi connectivity index (χ0n) is 9.84. The van der Waals surface area contributed by atoms with Gasteiger partial charge < -0.3 is 0 Å². The highest BCUT2D eigenvalue weighted by Crippen LogP contribution is 2.27. The molecule has 0 nitrogen and oxygen atoms in total. The summed E-state index contributed by atoms with van der Waals surface area (Å²) in [6, 6.07) is 8.98. The van der Waals surface area contributed by atoms with E-state index in [4.69, 9.17) is 0 Å². The Bertz CT molecular complexity index is 295. The van der Waals surface area contributed by atoms with E-state index in [-0.39, 0.29) is 0 Å². The van der Waals surface area contributed by atoms with Crippen molar-refractivity contribution in [3.05, 3.63) is 35.4 Å². The molecule has 0 unspecified atom stereocenters. The first kappa shape index (κ1) is 10.7. The molecule has 1 aliphatic carbocycles. The second kappa shape index (κ2) is 5.34. The summed E-state index contributed by atoms with van der Waals surface area (Å²) < 4.78 is 0. The van der Waals surface area contributed by atoms with Crippen LogP contribution in [0, 0.1) is 5.92 Å². The van der Waals surface area contributed by atoms with Gasteiger partial charge in [-0.1, -0.05) is 63.3 Å². The average Bonchev–Trinajstić information content (AvgIpc) is 2.31. The Balaban J connectivity index is 2.02. The van der Waals surface area contributed by atoms with Crippen LogP contribution in [0.15, 0.2) is 24.3 Å². The van der Waals surface area contributed by atoms with Gasteiger partial charge in [-0.15, -0.1) is 0 Å².